The van der Waals surface area contributed by atoms with E-state index < -0.39 is 0 Å². The van der Waals surface area contributed by atoms with Gasteiger partial charge in [-0.3, -0.25) is 10.7 Å². The standard InChI is InChI=1S/C7H8N6OS/c1-15-6-4-5(9-2-8-4)12-7(13-6)10-3-11-14/h2-3,14H,1H3,(H2,8,9,10,11,12,13). The van der Waals surface area contributed by atoms with Crippen LogP contribution in [0.4, 0.5) is 5.95 Å². The number of hydroxylamine groups is 1. The van der Waals surface area contributed by atoms with Crippen molar-refractivity contribution in [2.45, 2.75) is 5.03 Å². The molecule has 0 aliphatic rings. The highest BCUT2D eigenvalue weighted by molar-refractivity contribution is 7.98. The third-order valence-electron chi connectivity index (χ3n) is 1.67. The third-order valence-corrected chi connectivity index (χ3v) is 2.35. The van der Waals surface area contributed by atoms with Crippen molar-refractivity contribution in [2.75, 3.05) is 6.26 Å². The predicted octanol–water partition coefficient (Wildman–Crippen LogP) is 0.713. The van der Waals surface area contributed by atoms with Crippen molar-refractivity contribution in [1.82, 2.24) is 25.4 Å². The van der Waals surface area contributed by atoms with Crippen LogP contribution in [0.25, 0.3) is 11.2 Å². The number of nitrogens with one attached hydrogen (secondary N) is 2. The molecule has 0 aliphatic heterocycles. The summed E-state index contributed by atoms with van der Waals surface area (Å²) in [5.74, 6) is 0.250. The molecule has 0 amide bonds. The highest BCUT2D eigenvalue weighted by Gasteiger charge is 2.07. The Morgan fingerprint density at radius 1 is 1.60 bits per heavy atom. The highest BCUT2D eigenvalue weighted by Crippen LogP contribution is 2.22. The lowest BCUT2D eigenvalue weighted by Gasteiger charge is -1.98. The first-order chi connectivity index (χ1) is 7.35. The summed E-state index contributed by atoms with van der Waals surface area (Å²) in [6, 6.07) is 0. The van der Waals surface area contributed by atoms with E-state index in [1.165, 1.54) is 11.8 Å². The van der Waals surface area contributed by atoms with E-state index in [-0.39, 0.29) is 5.95 Å². The van der Waals surface area contributed by atoms with E-state index in [1.807, 2.05) is 6.26 Å². The second-order valence-electron chi connectivity index (χ2n) is 2.52. The Kier molecular flexibility index (Phi) is 2.79. The van der Waals surface area contributed by atoms with Gasteiger partial charge in [-0.05, 0) is 6.26 Å². The molecular formula is C7H8N6OS. The van der Waals surface area contributed by atoms with Gasteiger partial charge in [0, 0.05) is 0 Å². The Bertz CT molecular complexity index is 495. The van der Waals surface area contributed by atoms with Gasteiger partial charge in [0.25, 0.3) is 5.95 Å². The second kappa shape index (κ2) is 4.24. The molecule has 3 N–H and O–H groups in total. The first-order valence-corrected chi connectivity index (χ1v) is 5.25. The van der Waals surface area contributed by atoms with E-state index in [1.54, 1.807) is 11.8 Å². The predicted molar refractivity (Wildman–Crippen MR) is 56.5 cm³/mol. The molecule has 0 unspecified atom stereocenters. The Morgan fingerprint density at radius 2 is 2.47 bits per heavy atom. The molecule has 2 aromatic rings. The molecule has 0 radical (unpaired) electrons. The molecule has 8 heteroatoms. The zero-order valence-electron chi connectivity index (χ0n) is 7.80. The molecule has 2 heterocycles. The van der Waals surface area contributed by atoms with Gasteiger partial charge in [0.15, 0.2) is 5.65 Å². The van der Waals surface area contributed by atoms with Gasteiger partial charge in [0.1, 0.15) is 16.9 Å². The summed E-state index contributed by atoms with van der Waals surface area (Å²) in [6.07, 6.45) is 4.55. The van der Waals surface area contributed by atoms with E-state index in [0.717, 1.165) is 16.9 Å². The monoisotopic (exact) mass is 224 g/mol. The van der Waals surface area contributed by atoms with Gasteiger partial charge in [0.2, 0.25) is 0 Å². The smallest absolute Gasteiger partial charge is 0.254 e. The van der Waals surface area contributed by atoms with Crippen LogP contribution in [0.3, 0.4) is 0 Å². The highest BCUT2D eigenvalue weighted by atomic mass is 32.2. The lowest BCUT2D eigenvalue weighted by molar-refractivity contribution is 0.240. The van der Waals surface area contributed by atoms with Gasteiger partial charge >= 0.3 is 0 Å². The van der Waals surface area contributed by atoms with Gasteiger partial charge in [-0.2, -0.15) is 9.98 Å². The van der Waals surface area contributed by atoms with Crippen molar-refractivity contribution >= 4 is 35.2 Å². The Labute approximate surface area is 89.0 Å². The molecule has 0 fully saturated rings. The molecule has 78 valence electrons. The van der Waals surface area contributed by atoms with Gasteiger partial charge < -0.3 is 4.98 Å². The maximum atomic E-state index is 8.35. The topological polar surface area (TPSA) is 99.1 Å². The van der Waals surface area contributed by atoms with Crippen LogP contribution in [-0.2, 0) is 0 Å². The fourth-order valence-corrected chi connectivity index (χ4v) is 1.61. The molecular weight excluding hydrogens is 216 g/mol. The number of imidazole rings is 1. The fourth-order valence-electron chi connectivity index (χ4n) is 1.09. The zero-order valence-corrected chi connectivity index (χ0v) is 8.62. The zero-order chi connectivity index (χ0) is 10.7. The summed E-state index contributed by atoms with van der Waals surface area (Å²) < 4.78 is 0. The number of hydrogen-bond donors (Lipinski definition) is 3. The minimum absolute atomic E-state index is 0.250. The number of thioether (sulfide) groups is 1. The maximum Gasteiger partial charge on any atom is 0.254 e. The van der Waals surface area contributed by atoms with Gasteiger partial charge in [-0.15, -0.1) is 11.8 Å². The number of aromatic nitrogens is 4. The Hall–Kier alpha value is -1.67. The Balaban J connectivity index is 2.53. The second-order valence-corrected chi connectivity index (χ2v) is 3.32. The molecule has 15 heavy (non-hydrogen) atoms. The van der Waals surface area contributed by atoms with Crippen LogP contribution in [0, 0.1) is 0 Å². The van der Waals surface area contributed by atoms with Gasteiger partial charge in [-0.1, -0.05) is 0 Å². The van der Waals surface area contributed by atoms with Crippen LogP contribution in [-0.4, -0.2) is 37.7 Å². The Morgan fingerprint density at radius 3 is 3.20 bits per heavy atom. The van der Waals surface area contributed by atoms with Crippen LogP contribution in [0.5, 0.6) is 0 Å². The van der Waals surface area contributed by atoms with E-state index in [4.69, 9.17) is 5.21 Å². The van der Waals surface area contributed by atoms with Crippen molar-refractivity contribution in [1.29, 1.82) is 0 Å². The van der Waals surface area contributed by atoms with E-state index in [0.29, 0.717) is 5.65 Å². The van der Waals surface area contributed by atoms with Crippen LogP contribution < -0.4 is 5.48 Å². The summed E-state index contributed by atoms with van der Waals surface area (Å²) in [5.41, 5.74) is 3.13. The first-order valence-electron chi connectivity index (χ1n) is 4.02. The van der Waals surface area contributed by atoms with Gasteiger partial charge in [0.05, 0.1) is 6.33 Å². The molecule has 0 atom stereocenters. The molecule has 0 spiro atoms. The molecule has 0 saturated carbocycles. The van der Waals surface area contributed by atoms with Crippen molar-refractivity contribution in [3.8, 4) is 0 Å². The van der Waals surface area contributed by atoms with E-state index in [9.17, 15) is 0 Å². The number of fused-ring (bicyclic) bond motifs is 1. The number of H-pyrrole nitrogens is 1. The van der Waals surface area contributed by atoms with Crippen LogP contribution in [0.15, 0.2) is 16.3 Å². The molecule has 2 rings (SSSR count). The normalized spacial score (nSPS) is 11.3. The molecule has 0 aromatic carbocycles. The van der Waals surface area contributed by atoms with Crippen molar-refractivity contribution < 1.29 is 5.21 Å². The molecule has 0 bridgehead atoms. The minimum atomic E-state index is 0.250. The molecule has 7 nitrogen and oxygen atoms in total. The third kappa shape index (κ3) is 1.90. The summed E-state index contributed by atoms with van der Waals surface area (Å²) in [5, 5.41) is 9.11. The molecule has 2 aromatic heterocycles. The summed E-state index contributed by atoms with van der Waals surface area (Å²) >= 11 is 1.47. The quantitative estimate of drug-likeness (QED) is 0.233. The number of rotatable bonds is 3. The average molecular weight is 224 g/mol. The number of nitrogens with zero attached hydrogens (tertiary/aromatic N) is 4. The fraction of sp³-hybridized carbons (Fsp3) is 0.143. The lowest BCUT2D eigenvalue weighted by atomic mass is 10.5. The average Bonchev–Trinajstić information content (AvgIpc) is 2.73. The largest absolute Gasteiger partial charge is 0.341 e. The SMILES string of the molecule is CSc1nc(/N=C/NO)nc2nc[nH]c12. The van der Waals surface area contributed by atoms with Crippen molar-refractivity contribution in [3.05, 3.63) is 6.33 Å². The minimum Gasteiger partial charge on any atom is -0.341 e. The number of aliphatic imine (C=N–C) groups is 1. The van der Waals surface area contributed by atoms with Crippen molar-refractivity contribution in [3.63, 3.8) is 0 Å². The first kappa shape index (κ1) is 9.87. The van der Waals surface area contributed by atoms with Crippen LogP contribution >= 0.6 is 11.8 Å². The molecule has 0 aliphatic carbocycles. The number of hydrogen-bond acceptors (Lipinski definition) is 6. The van der Waals surface area contributed by atoms with Crippen LogP contribution in [0.1, 0.15) is 0 Å². The summed E-state index contributed by atoms with van der Waals surface area (Å²) in [6.45, 7) is 0. The molecule has 0 saturated heterocycles. The summed E-state index contributed by atoms with van der Waals surface area (Å²) in [7, 11) is 0. The number of aromatic amines is 1. The summed E-state index contributed by atoms with van der Waals surface area (Å²) in [4.78, 5) is 19.0. The maximum absolute atomic E-state index is 8.35. The lowest BCUT2D eigenvalue weighted by Crippen LogP contribution is -2.01. The van der Waals surface area contributed by atoms with E-state index in [2.05, 4.69) is 24.9 Å². The van der Waals surface area contributed by atoms with Crippen LogP contribution in [0.2, 0.25) is 0 Å². The van der Waals surface area contributed by atoms with E-state index >= 15 is 0 Å². The van der Waals surface area contributed by atoms with Crippen molar-refractivity contribution in [2.24, 2.45) is 4.99 Å². The van der Waals surface area contributed by atoms with Gasteiger partial charge in [-0.25, -0.2) is 9.97 Å².